The Bertz CT molecular complexity index is 775. The number of para-hydroxylation sites is 1. The van der Waals surface area contributed by atoms with E-state index in [9.17, 15) is 4.79 Å². The Hall–Kier alpha value is -2.42. The van der Waals surface area contributed by atoms with Crippen molar-refractivity contribution < 1.29 is 4.79 Å². The molecule has 4 rings (SSSR count). The molecule has 1 aliphatic heterocycles. The van der Waals surface area contributed by atoms with Gasteiger partial charge in [-0.15, -0.1) is 0 Å². The fourth-order valence-corrected chi connectivity index (χ4v) is 2.63. The highest BCUT2D eigenvalue weighted by Crippen LogP contribution is 2.28. The molecule has 0 saturated carbocycles. The molecule has 0 amide bonds. The maximum absolute atomic E-state index is 11.9. The highest BCUT2D eigenvalue weighted by molar-refractivity contribution is 6.58. The summed E-state index contributed by atoms with van der Waals surface area (Å²) in [6, 6.07) is 8.26. The number of aromatic nitrogens is 1. The molecule has 2 heterocycles. The number of fused-ring (bicyclic) bond motifs is 2. The average Bonchev–Trinajstić information content (AvgIpc) is 2.73. The molecule has 3 nitrogen and oxygen atoms in total. The van der Waals surface area contributed by atoms with Crippen molar-refractivity contribution in [3.63, 3.8) is 0 Å². The number of nitrogens with zero attached hydrogens (tertiary/aromatic N) is 2. The van der Waals surface area contributed by atoms with Crippen LogP contribution in [0.1, 0.15) is 5.56 Å². The summed E-state index contributed by atoms with van der Waals surface area (Å²) in [5.41, 5.74) is 3.76. The van der Waals surface area contributed by atoms with Crippen LogP contribution < -0.4 is 0 Å². The van der Waals surface area contributed by atoms with Gasteiger partial charge in [0.15, 0.2) is 0 Å². The van der Waals surface area contributed by atoms with Gasteiger partial charge in [-0.25, -0.2) is 0 Å². The molecule has 0 atom stereocenters. The number of ketones is 1. The number of hydrogen-bond acceptors (Lipinski definition) is 2. The van der Waals surface area contributed by atoms with Crippen LogP contribution >= 0.6 is 0 Å². The molecule has 3 heteroatoms. The predicted octanol–water partition coefficient (Wildman–Crippen LogP) is 2.58. The zero-order chi connectivity index (χ0) is 12.1. The fourth-order valence-electron chi connectivity index (χ4n) is 2.63. The molecule has 1 aliphatic carbocycles. The summed E-state index contributed by atoms with van der Waals surface area (Å²) in [7, 11) is 0. The minimum Gasteiger partial charge on any atom is -0.314 e. The van der Waals surface area contributed by atoms with Crippen molar-refractivity contribution in [3.05, 3.63) is 54.3 Å². The van der Waals surface area contributed by atoms with E-state index in [4.69, 9.17) is 0 Å². The van der Waals surface area contributed by atoms with Crippen LogP contribution in [0.2, 0.25) is 0 Å². The first-order valence-corrected chi connectivity index (χ1v) is 5.91. The SMILES string of the molecule is O=C1C=CC=C2C1=NCc1cccc3ccn2c13. The molecule has 0 spiro atoms. The van der Waals surface area contributed by atoms with E-state index >= 15 is 0 Å². The van der Waals surface area contributed by atoms with Crippen LogP contribution in [-0.4, -0.2) is 16.1 Å². The monoisotopic (exact) mass is 234 g/mol. The van der Waals surface area contributed by atoms with Gasteiger partial charge >= 0.3 is 0 Å². The van der Waals surface area contributed by atoms with Gasteiger partial charge in [0.05, 0.1) is 17.8 Å². The molecule has 1 aromatic heterocycles. The Morgan fingerprint density at radius 2 is 2.17 bits per heavy atom. The molecule has 18 heavy (non-hydrogen) atoms. The summed E-state index contributed by atoms with van der Waals surface area (Å²) in [5.74, 6) is -0.0119. The van der Waals surface area contributed by atoms with Gasteiger partial charge in [0.1, 0.15) is 5.71 Å². The van der Waals surface area contributed by atoms with Crippen LogP contribution in [0.3, 0.4) is 0 Å². The van der Waals surface area contributed by atoms with Crippen molar-refractivity contribution in [1.29, 1.82) is 0 Å². The van der Waals surface area contributed by atoms with Gasteiger partial charge in [-0.1, -0.05) is 24.3 Å². The molecule has 2 aliphatic rings. The number of carbonyl (C=O) groups excluding carboxylic acids is 1. The molecular weight excluding hydrogens is 224 g/mol. The van der Waals surface area contributed by atoms with E-state index in [1.807, 2.05) is 18.3 Å². The molecule has 0 fully saturated rings. The van der Waals surface area contributed by atoms with Crippen LogP contribution in [0.5, 0.6) is 0 Å². The van der Waals surface area contributed by atoms with Crippen molar-refractivity contribution in [2.75, 3.05) is 0 Å². The number of hydrogen-bond donors (Lipinski definition) is 0. The largest absolute Gasteiger partial charge is 0.314 e. The Balaban J connectivity index is 2.12. The number of carbonyl (C=O) groups is 1. The van der Waals surface area contributed by atoms with Crippen molar-refractivity contribution in [3.8, 4) is 0 Å². The van der Waals surface area contributed by atoms with E-state index < -0.39 is 0 Å². The third-order valence-corrected chi connectivity index (χ3v) is 3.44. The summed E-state index contributed by atoms with van der Waals surface area (Å²) in [6.45, 7) is 0.563. The summed E-state index contributed by atoms with van der Waals surface area (Å²) in [5, 5.41) is 1.19. The Kier molecular flexibility index (Phi) is 1.75. The van der Waals surface area contributed by atoms with E-state index in [0.29, 0.717) is 12.3 Å². The van der Waals surface area contributed by atoms with Gasteiger partial charge in [-0.05, 0) is 23.8 Å². The number of benzene rings is 1. The molecule has 0 bridgehead atoms. The molecule has 86 valence electrons. The van der Waals surface area contributed by atoms with E-state index in [1.54, 1.807) is 12.2 Å². The maximum Gasteiger partial charge on any atom is 0.205 e. The number of rotatable bonds is 0. The lowest BCUT2D eigenvalue weighted by atomic mass is 10.1. The highest BCUT2D eigenvalue weighted by Gasteiger charge is 2.22. The standard InChI is InChI=1S/C15H10N2O/c18-13-6-2-5-12-14(13)16-9-11-4-1-3-10-7-8-17(12)15(10)11/h1-8H,9H2. The molecule has 1 aromatic carbocycles. The first kappa shape index (κ1) is 9.59. The van der Waals surface area contributed by atoms with Crippen LogP contribution in [0.4, 0.5) is 0 Å². The third-order valence-electron chi connectivity index (χ3n) is 3.44. The Morgan fingerprint density at radius 3 is 3.11 bits per heavy atom. The zero-order valence-corrected chi connectivity index (χ0v) is 9.63. The van der Waals surface area contributed by atoms with E-state index in [-0.39, 0.29) is 5.78 Å². The zero-order valence-electron chi connectivity index (χ0n) is 9.63. The summed E-state index contributed by atoms with van der Waals surface area (Å²) >= 11 is 0. The van der Waals surface area contributed by atoms with Gasteiger partial charge in [0, 0.05) is 11.6 Å². The third kappa shape index (κ3) is 1.13. The smallest absolute Gasteiger partial charge is 0.205 e. The van der Waals surface area contributed by atoms with E-state index in [2.05, 4.69) is 27.8 Å². The Labute approximate surface area is 104 Å². The highest BCUT2D eigenvalue weighted by atomic mass is 16.1. The minimum atomic E-state index is -0.0119. The summed E-state index contributed by atoms with van der Waals surface area (Å²) in [6.07, 6.45) is 7.31. The lowest BCUT2D eigenvalue weighted by molar-refractivity contribution is -0.108. The number of aliphatic imine (C=N–C) groups is 1. The first-order chi connectivity index (χ1) is 8.84. The normalized spacial score (nSPS) is 17.2. The van der Waals surface area contributed by atoms with Gasteiger partial charge < -0.3 is 4.57 Å². The minimum absolute atomic E-state index is 0.0119. The molecule has 0 unspecified atom stereocenters. The van der Waals surface area contributed by atoms with Crippen LogP contribution in [0.15, 0.2) is 53.7 Å². The summed E-state index contributed by atoms with van der Waals surface area (Å²) in [4.78, 5) is 16.4. The molecule has 2 aromatic rings. The lowest BCUT2D eigenvalue weighted by Gasteiger charge is -2.12. The lowest BCUT2D eigenvalue weighted by Crippen LogP contribution is -2.18. The predicted molar refractivity (Wildman–Crippen MR) is 71.5 cm³/mol. The Morgan fingerprint density at radius 1 is 1.22 bits per heavy atom. The van der Waals surface area contributed by atoms with Crippen molar-refractivity contribution in [2.24, 2.45) is 4.99 Å². The average molecular weight is 234 g/mol. The second-order valence-corrected chi connectivity index (χ2v) is 4.48. The van der Waals surface area contributed by atoms with E-state index in [1.165, 1.54) is 5.39 Å². The maximum atomic E-state index is 11.9. The van der Waals surface area contributed by atoms with Crippen LogP contribution in [0, 0.1) is 0 Å². The van der Waals surface area contributed by atoms with Gasteiger partial charge in [-0.3, -0.25) is 9.79 Å². The molecule has 0 radical (unpaired) electrons. The topological polar surface area (TPSA) is 34.4 Å². The van der Waals surface area contributed by atoms with Crippen molar-refractivity contribution >= 4 is 28.1 Å². The van der Waals surface area contributed by atoms with Crippen molar-refractivity contribution in [2.45, 2.75) is 6.54 Å². The van der Waals surface area contributed by atoms with Gasteiger partial charge in [-0.2, -0.15) is 0 Å². The number of allylic oxidation sites excluding steroid dienone is 4. The van der Waals surface area contributed by atoms with Crippen LogP contribution in [0.25, 0.3) is 16.6 Å². The molecule has 0 saturated heterocycles. The quantitative estimate of drug-likeness (QED) is 0.645. The fraction of sp³-hybridized carbons (Fsp3) is 0.0667. The molecule has 0 N–H and O–H groups in total. The molecular formula is C15H10N2O. The van der Waals surface area contributed by atoms with E-state index in [0.717, 1.165) is 16.8 Å². The van der Waals surface area contributed by atoms with Gasteiger partial charge in [0.25, 0.3) is 0 Å². The second-order valence-electron chi connectivity index (χ2n) is 4.48. The summed E-state index contributed by atoms with van der Waals surface area (Å²) < 4.78 is 2.07. The second kappa shape index (κ2) is 3.29. The first-order valence-electron chi connectivity index (χ1n) is 5.91. The van der Waals surface area contributed by atoms with Gasteiger partial charge in [0.2, 0.25) is 5.78 Å². The van der Waals surface area contributed by atoms with Crippen molar-refractivity contribution in [1.82, 2.24) is 4.57 Å². The van der Waals surface area contributed by atoms with Crippen LogP contribution in [-0.2, 0) is 11.3 Å².